The van der Waals surface area contributed by atoms with Crippen LogP contribution in [0.5, 0.6) is 0 Å². The molecule has 0 aliphatic carbocycles. The van der Waals surface area contributed by atoms with Crippen molar-refractivity contribution in [2.45, 2.75) is 13.1 Å². The lowest BCUT2D eigenvalue weighted by molar-refractivity contribution is -0.119. The van der Waals surface area contributed by atoms with Crippen LogP contribution in [0.1, 0.15) is 6.92 Å². The first kappa shape index (κ1) is 12.5. The number of alkyl halides is 3. The molecule has 0 aliphatic heterocycles. The second kappa shape index (κ2) is 4.35. The molecule has 0 spiro atoms. The summed E-state index contributed by atoms with van der Waals surface area (Å²) in [6, 6.07) is 2.97. The Morgan fingerprint density at radius 3 is 2.56 bits per heavy atom. The third-order valence-corrected chi connectivity index (χ3v) is 2.52. The molecule has 0 bridgehead atoms. The smallest absolute Gasteiger partial charge is 0.397 e. The number of benzene rings is 1. The Balaban J connectivity index is 2.45. The van der Waals surface area contributed by atoms with Gasteiger partial charge in [0.2, 0.25) is 0 Å². The highest BCUT2D eigenvalue weighted by molar-refractivity contribution is 5.95. The Labute approximate surface area is 100 Å². The highest BCUT2D eigenvalue weighted by Gasteiger charge is 2.31. The zero-order valence-electron chi connectivity index (χ0n) is 9.53. The maximum atomic E-state index is 12.5. The van der Waals surface area contributed by atoms with E-state index < -0.39 is 12.7 Å². The number of aromatic nitrogens is 2. The van der Waals surface area contributed by atoms with Gasteiger partial charge in [0.1, 0.15) is 6.54 Å². The van der Waals surface area contributed by atoms with Crippen LogP contribution >= 0.6 is 0 Å². The molecule has 5 nitrogen and oxygen atoms in total. The Bertz CT molecular complexity index is 552. The molecular formula is C10H11F3N4O. The summed E-state index contributed by atoms with van der Waals surface area (Å²) >= 11 is 0. The summed E-state index contributed by atoms with van der Waals surface area (Å²) in [5.41, 5.74) is 6.77. The van der Waals surface area contributed by atoms with Crippen molar-refractivity contribution in [2.75, 3.05) is 23.7 Å². The van der Waals surface area contributed by atoms with E-state index in [2.05, 4.69) is 14.9 Å². The molecule has 98 valence electrons. The zero-order chi connectivity index (χ0) is 13.3. The van der Waals surface area contributed by atoms with Crippen LogP contribution < -0.4 is 10.6 Å². The van der Waals surface area contributed by atoms with Crippen LogP contribution in [0.15, 0.2) is 16.8 Å². The minimum absolute atomic E-state index is 0.186. The van der Waals surface area contributed by atoms with Gasteiger partial charge in [0.25, 0.3) is 0 Å². The topological polar surface area (TPSA) is 68.2 Å². The molecule has 1 aromatic heterocycles. The first-order valence-electron chi connectivity index (χ1n) is 5.25. The van der Waals surface area contributed by atoms with E-state index >= 15 is 0 Å². The molecular weight excluding hydrogens is 249 g/mol. The Hall–Kier alpha value is -1.99. The summed E-state index contributed by atoms with van der Waals surface area (Å²) in [5, 5.41) is 7.18. The average Bonchev–Trinajstić information content (AvgIpc) is 2.75. The van der Waals surface area contributed by atoms with Gasteiger partial charge >= 0.3 is 6.18 Å². The van der Waals surface area contributed by atoms with Crippen LogP contribution in [0.25, 0.3) is 11.0 Å². The number of halogens is 3. The molecule has 2 rings (SSSR count). The maximum Gasteiger partial charge on any atom is 0.405 e. The molecule has 2 N–H and O–H groups in total. The molecule has 0 unspecified atom stereocenters. The Morgan fingerprint density at radius 2 is 1.94 bits per heavy atom. The van der Waals surface area contributed by atoms with Crippen LogP contribution in [0.4, 0.5) is 24.5 Å². The fourth-order valence-electron chi connectivity index (χ4n) is 1.71. The van der Waals surface area contributed by atoms with E-state index in [1.807, 2.05) is 0 Å². The fourth-order valence-corrected chi connectivity index (χ4v) is 1.71. The van der Waals surface area contributed by atoms with Crippen molar-refractivity contribution < 1.29 is 17.8 Å². The summed E-state index contributed by atoms with van der Waals surface area (Å²) in [6.07, 6.45) is -4.29. The van der Waals surface area contributed by atoms with Gasteiger partial charge in [-0.25, -0.2) is 4.63 Å². The Morgan fingerprint density at radius 1 is 1.28 bits per heavy atom. The molecule has 0 radical (unpaired) electrons. The molecule has 0 saturated carbocycles. The van der Waals surface area contributed by atoms with E-state index in [9.17, 15) is 13.2 Å². The monoisotopic (exact) mass is 260 g/mol. The number of hydrogen-bond donors (Lipinski definition) is 1. The highest BCUT2D eigenvalue weighted by atomic mass is 19.4. The van der Waals surface area contributed by atoms with Gasteiger partial charge in [0, 0.05) is 6.54 Å². The third kappa shape index (κ3) is 2.31. The van der Waals surface area contributed by atoms with Crippen molar-refractivity contribution in [3.8, 4) is 0 Å². The van der Waals surface area contributed by atoms with Gasteiger partial charge in [-0.3, -0.25) is 0 Å². The van der Waals surface area contributed by atoms with Gasteiger partial charge in [0.15, 0.2) is 11.0 Å². The largest absolute Gasteiger partial charge is 0.405 e. The average molecular weight is 260 g/mol. The van der Waals surface area contributed by atoms with Gasteiger partial charge in [-0.15, -0.1) is 0 Å². The number of nitrogens with two attached hydrogens (primary N) is 1. The van der Waals surface area contributed by atoms with Gasteiger partial charge < -0.3 is 10.6 Å². The van der Waals surface area contributed by atoms with Crippen LogP contribution in [0, 0.1) is 0 Å². The van der Waals surface area contributed by atoms with Crippen molar-refractivity contribution in [3.63, 3.8) is 0 Å². The lowest BCUT2D eigenvalue weighted by Crippen LogP contribution is -2.34. The van der Waals surface area contributed by atoms with Gasteiger partial charge in [-0.05, 0) is 29.4 Å². The standard InChI is InChI=1S/C10H11F3N4O/c1-2-17(5-10(11,12)13)7-4-3-6(14)8-9(7)16-18-15-8/h3-4H,2,5,14H2,1H3. The van der Waals surface area contributed by atoms with Gasteiger partial charge in [-0.1, -0.05) is 0 Å². The second-order valence-electron chi connectivity index (χ2n) is 3.76. The molecule has 0 atom stereocenters. The summed E-state index contributed by atoms with van der Waals surface area (Å²) < 4.78 is 41.9. The van der Waals surface area contributed by atoms with Crippen LogP contribution in [-0.2, 0) is 0 Å². The number of anilines is 2. The maximum absolute atomic E-state index is 12.5. The minimum Gasteiger partial charge on any atom is -0.397 e. The predicted molar refractivity (Wildman–Crippen MR) is 60.2 cm³/mol. The number of nitrogen functional groups attached to an aromatic ring is 1. The van der Waals surface area contributed by atoms with E-state index in [1.165, 1.54) is 12.1 Å². The number of rotatable bonds is 3. The van der Waals surface area contributed by atoms with Crippen LogP contribution in [0.3, 0.4) is 0 Å². The summed E-state index contributed by atoms with van der Waals surface area (Å²) in [4.78, 5) is 1.14. The highest BCUT2D eigenvalue weighted by Crippen LogP contribution is 2.30. The van der Waals surface area contributed by atoms with E-state index in [1.54, 1.807) is 6.92 Å². The van der Waals surface area contributed by atoms with E-state index in [-0.39, 0.29) is 17.6 Å². The van der Waals surface area contributed by atoms with Crippen molar-refractivity contribution in [2.24, 2.45) is 0 Å². The van der Waals surface area contributed by atoms with Crippen molar-refractivity contribution in [1.29, 1.82) is 0 Å². The summed E-state index contributed by atoms with van der Waals surface area (Å²) in [5.74, 6) is 0. The number of nitrogens with zero attached hydrogens (tertiary/aromatic N) is 3. The minimum atomic E-state index is -4.29. The molecule has 0 aliphatic rings. The Kier molecular flexibility index (Phi) is 3.02. The molecule has 1 heterocycles. The van der Waals surface area contributed by atoms with Crippen molar-refractivity contribution >= 4 is 22.4 Å². The zero-order valence-corrected chi connectivity index (χ0v) is 9.53. The van der Waals surface area contributed by atoms with Crippen LogP contribution in [0.2, 0.25) is 0 Å². The van der Waals surface area contributed by atoms with E-state index in [0.717, 1.165) is 4.90 Å². The first-order chi connectivity index (χ1) is 8.42. The lowest BCUT2D eigenvalue weighted by atomic mass is 10.2. The van der Waals surface area contributed by atoms with E-state index in [0.29, 0.717) is 11.4 Å². The predicted octanol–water partition coefficient (Wildman–Crippen LogP) is 2.19. The van der Waals surface area contributed by atoms with E-state index in [4.69, 9.17) is 5.73 Å². The van der Waals surface area contributed by atoms with Crippen molar-refractivity contribution in [1.82, 2.24) is 10.3 Å². The summed E-state index contributed by atoms with van der Waals surface area (Å²) in [7, 11) is 0. The number of fused-ring (bicyclic) bond motifs is 1. The molecule has 1 aromatic carbocycles. The molecule has 2 aromatic rings. The van der Waals surface area contributed by atoms with Gasteiger partial charge in [-0.2, -0.15) is 13.2 Å². The second-order valence-corrected chi connectivity index (χ2v) is 3.76. The van der Waals surface area contributed by atoms with Gasteiger partial charge in [0.05, 0.1) is 11.4 Å². The molecule has 8 heteroatoms. The third-order valence-electron chi connectivity index (χ3n) is 2.52. The quantitative estimate of drug-likeness (QED) is 0.857. The molecule has 18 heavy (non-hydrogen) atoms. The first-order valence-corrected chi connectivity index (χ1v) is 5.25. The summed E-state index contributed by atoms with van der Waals surface area (Å²) in [6.45, 7) is 0.752. The number of hydrogen-bond acceptors (Lipinski definition) is 5. The lowest BCUT2D eigenvalue weighted by Gasteiger charge is -2.24. The molecule has 0 amide bonds. The van der Waals surface area contributed by atoms with Crippen LogP contribution in [-0.4, -0.2) is 29.6 Å². The SMILES string of the molecule is CCN(CC(F)(F)F)c1ccc(N)c2nonc12. The fraction of sp³-hybridized carbons (Fsp3) is 0.400. The normalized spacial score (nSPS) is 12.0. The van der Waals surface area contributed by atoms with Crippen molar-refractivity contribution in [3.05, 3.63) is 12.1 Å². The molecule has 0 saturated heterocycles. The molecule has 0 fully saturated rings.